The van der Waals surface area contributed by atoms with Crippen molar-refractivity contribution in [2.24, 2.45) is 5.92 Å². The smallest absolute Gasteiger partial charge is 0.227 e. The van der Waals surface area contributed by atoms with Gasteiger partial charge in [-0.05, 0) is 0 Å². The number of aromatic amines is 1. The molecule has 8 nitrogen and oxygen atoms in total. The van der Waals surface area contributed by atoms with Crippen LogP contribution in [0.15, 0.2) is 12.4 Å². The summed E-state index contributed by atoms with van der Waals surface area (Å²) in [4.78, 5) is 24.9. The van der Waals surface area contributed by atoms with Crippen molar-refractivity contribution in [3.63, 3.8) is 0 Å². The van der Waals surface area contributed by atoms with Crippen LogP contribution in [0.2, 0.25) is 0 Å². The first kappa shape index (κ1) is 13.9. The topological polar surface area (TPSA) is 96.6 Å². The molecule has 2 saturated heterocycles. The van der Waals surface area contributed by atoms with Crippen LogP contribution in [0.4, 0.5) is 0 Å². The molecule has 0 saturated carbocycles. The zero-order chi connectivity index (χ0) is 14.8. The fourth-order valence-corrected chi connectivity index (χ4v) is 2.47. The number of amides is 2. The number of nitrogens with one attached hydrogen (secondary N) is 2. The van der Waals surface area contributed by atoms with Crippen molar-refractivity contribution in [3.8, 4) is 5.75 Å². The first-order valence-corrected chi connectivity index (χ1v) is 6.92. The second-order valence-electron chi connectivity index (χ2n) is 5.36. The van der Waals surface area contributed by atoms with Gasteiger partial charge in [0.15, 0.2) is 5.75 Å². The number of carbonyl (C=O) groups excluding carboxylic acids is 2. The summed E-state index contributed by atoms with van der Waals surface area (Å²) in [6.45, 7) is 3.34. The summed E-state index contributed by atoms with van der Waals surface area (Å²) in [6.07, 6.45) is 3.00. The van der Waals surface area contributed by atoms with Crippen LogP contribution in [0, 0.1) is 5.92 Å². The Morgan fingerprint density at radius 2 is 2.29 bits per heavy atom. The molecule has 0 radical (unpaired) electrons. The van der Waals surface area contributed by atoms with Crippen molar-refractivity contribution in [3.05, 3.63) is 12.4 Å². The molecule has 0 unspecified atom stereocenters. The molecule has 2 amide bonds. The highest BCUT2D eigenvalue weighted by atomic mass is 16.5. The summed E-state index contributed by atoms with van der Waals surface area (Å²) in [7, 11) is 0. The van der Waals surface area contributed by atoms with E-state index in [1.54, 1.807) is 17.3 Å². The average molecular weight is 294 g/mol. The third kappa shape index (κ3) is 2.99. The van der Waals surface area contributed by atoms with Gasteiger partial charge in [-0.1, -0.05) is 0 Å². The van der Waals surface area contributed by atoms with Crippen LogP contribution in [0.5, 0.6) is 5.75 Å². The second kappa shape index (κ2) is 5.72. The van der Waals surface area contributed by atoms with Crippen molar-refractivity contribution in [1.82, 2.24) is 20.4 Å². The summed E-state index contributed by atoms with van der Waals surface area (Å²) < 4.78 is 11.1. The largest absolute Gasteiger partial charge is 0.482 e. The predicted octanol–water partition coefficient (Wildman–Crippen LogP) is -0.850. The second-order valence-corrected chi connectivity index (χ2v) is 5.36. The first-order chi connectivity index (χ1) is 10.1. The maximum Gasteiger partial charge on any atom is 0.227 e. The van der Waals surface area contributed by atoms with Gasteiger partial charge >= 0.3 is 0 Å². The van der Waals surface area contributed by atoms with Crippen LogP contribution in [0.1, 0.15) is 6.92 Å². The van der Waals surface area contributed by atoms with Crippen LogP contribution in [-0.2, 0) is 14.3 Å². The van der Waals surface area contributed by atoms with E-state index in [0.717, 1.165) is 0 Å². The van der Waals surface area contributed by atoms with Crippen molar-refractivity contribution in [2.45, 2.75) is 19.1 Å². The van der Waals surface area contributed by atoms with Crippen molar-refractivity contribution in [1.29, 1.82) is 0 Å². The number of hydrogen-bond acceptors (Lipinski definition) is 5. The van der Waals surface area contributed by atoms with Gasteiger partial charge < -0.3 is 19.7 Å². The molecule has 2 atom stereocenters. The minimum atomic E-state index is -0.226. The lowest BCUT2D eigenvalue weighted by atomic mass is 9.98. The lowest BCUT2D eigenvalue weighted by Gasteiger charge is -2.38. The molecule has 1 aromatic rings. The molecule has 0 aromatic carbocycles. The standard InChI is InChI=1S/C13H18N4O4/c1-8(18)17-4-9(5-17)13(19)16-11-6-20-7-12(11)21-10-2-14-15-3-10/h2-3,9,11-12H,4-7H2,1H3,(H,14,15)(H,16,19)/t11-,12+/m0/s1. The van der Waals surface area contributed by atoms with E-state index in [0.29, 0.717) is 32.1 Å². The van der Waals surface area contributed by atoms with E-state index in [2.05, 4.69) is 15.5 Å². The maximum absolute atomic E-state index is 12.1. The van der Waals surface area contributed by atoms with Gasteiger partial charge in [0.1, 0.15) is 6.10 Å². The Balaban J connectivity index is 1.50. The number of rotatable bonds is 4. The zero-order valence-electron chi connectivity index (χ0n) is 11.7. The molecule has 2 fully saturated rings. The quantitative estimate of drug-likeness (QED) is 0.754. The molecule has 3 heterocycles. The van der Waals surface area contributed by atoms with Crippen LogP contribution in [0.25, 0.3) is 0 Å². The Morgan fingerprint density at radius 3 is 2.95 bits per heavy atom. The molecule has 2 aliphatic rings. The third-order valence-electron chi connectivity index (χ3n) is 3.81. The van der Waals surface area contributed by atoms with Crippen molar-refractivity contribution >= 4 is 11.8 Å². The molecule has 0 spiro atoms. The highest BCUT2D eigenvalue weighted by Gasteiger charge is 2.38. The van der Waals surface area contributed by atoms with E-state index in [9.17, 15) is 9.59 Å². The Kier molecular flexibility index (Phi) is 3.78. The van der Waals surface area contributed by atoms with E-state index >= 15 is 0 Å². The van der Waals surface area contributed by atoms with E-state index in [4.69, 9.17) is 9.47 Å². The fourth-order valence-electron chi connectivity index (χ4n) is 2.47. The molecular weight excluding hydrogens is 276 g/mol. The number of nitrogens with zero attached hydrogens (tertiary/aromatic N) is 2. The number of H-pyrrole nitrogens is 1. The number of likely N-dealkylation sites (tertiary alicyclic amines) is 1. The normalized spacial score (nSPS) is 25.5. The Bertz CT molecular complexity index is 512. The van der Waals surface area contributed by atoms with Crippen LogP contribution in [-0.4, -0.2) is 65.4 Å². The van der Waals surface area contributed by atoms with Crippen LogP contribution < -0.4 is 10.1 Å². The van der Waals surface area contributed by atoms with E-state index in [1.165, 1.54) is 6.92 Å². The Morgan fingerprint density at radius 1 is 1.48 bits per heavy atom. The van der Waals surface area contributed by atoms with E-state index in [-0.39, 0.29) is 29.9 Å². The van der Waals surface area contributed by atoms with Gasteiger partial charge in [-0.3, -0.25) is 14.7 Å². The minimum absolute atomic E-state index is 0.00409. The summed E-state index contributed by atoms with van der Waals surface area (Å²) >= 11 is 0. The van der Waals surface area contributed by atoms with E-state index in [1.807, 2.05) is 0 Å². The van der Waals surface area contributed by atoms with E-state index < -0.39 is 0 Å². The molecule has 0 bridgehead atoms. The monoisotopic (exact) mass is 294 g/mol. The van der Waals surface area contributed by atoms with Crippen molar-refractivity contribution < 1.29 is 19.1 Å². The highest BCUT2D eigenvalue weighted by molar-refractivity contribution is 5.83. The minimum Gasteiger partial charge on any atom is -0.482 e. The first-order valence-electron chi connectivity index (χ1n) is 6.92. The van der Waals surface area contributed by atoms with Gasteiger partial charge in [0.05, 0.1) is 37.6 Å². The number of aromatic nitrogens is 2. The summed E-state index contributed by atoms with van der Waals surface area (Å²) in [5, 5.41) is 9.43. The number of carbonyl (C=O) groups is 2. The number of hydrogen-bond donors (Lipinski definition) is 2. The van der Waals surface area contributed by atoms with Gasteiger partial charge in [-0.15, -0.1) is 0 Å². The Labute approximate surface area is 121 Å². The summed E-state index contributed by atoms with van der Waals surface area (Å²) in [5.41, 5.74) is 0. The molecule has 0 aliphatic carbocycles. The van der Waals surface area contributed by atoms with Gasteiger partial charge in [0.25, 0.3) is 0 Å². The van der Waals surface area contributed by atoms with Crippen LogP contribution in [0.3, 0.4) is 0 Å². The van der Waals surface area contributed by atoms with Crippen LogP contribution >= 0.6 is 0 Å². The summed E-state index contributed by atoms with van der Waals surface area (Å²) in [5.74, 6) is 0.438. The lowest BCUT2D eigenvalue weighted by Crippen LogP contribution is -2.57. The predicted molar refractivity (Wildman–Crippen MR) is 71.5 cm³/mol. The molecule has 2 aliphatic heterocycles. The molecule has 114 valence electrons. The molecule has 8 heteroatoms. The van der Waals surface area contributed by atoms with Gasteiger partial charge in [-0.25, -0.2) is 0 Å². The number of ether oxygens (including phenoxy) is 2. The highest BCUT2D eigenvalue weighted by Crippen LogP contribution is 2.19. The molecular formula is C13H18N4O4. The average Bonchev–Trinajstić information content (AvgIpc) is 3.00. The van der Waals surface area contributed by atoms with Gasteiger partial charge in [0, 0.05) is 20.0 Å². The molecule has 21 heavy (non-hydrogen) atoms. The molecule has 1 aromatic heterocycles. The summed E-state index contributed by atoms with van der Waals surface area (Å²) in [6, 6.07) is -0.182. The lowest BCUT2D eigenvalue weighted by molar-refractivity contribution is -0.141. The van der Waals surface area contributed by atoms with Gasteiger partial charge in [0.2, 0.25) is 11.8 Å². The maximum atomic E-state index is 12.1. The Hall–Kier alpha value is -2.09. The molecule has 3 rings (SSSR count). The third-order valence-corrected chi connectivity index (χ3v) is 3.81. The fraction of sp³-hybridized carbons (Fsp3) is 0.615. The van der Waals surface area contributed by atoms with Crippen molar-refractivity contribution in [2.75, 3.05) is 26.3 Å². The zero-order valence-corrected chi connectivity index (χ0v) is 11.7. The molecule has 2 N–H and O–H groups in total. The SMILES string of the molecule is CC(=O)N1CC(C(=O)N[C@H]2COC[C@H]2Oc2cn[nH]c2)C1. The van der Waals surface area contributed by atoms with Gasteiger partial charge in [-0.2, -0.15) is 5.10 Å².